The molecule has 6 nitrogen and oxygen atoms in total. The minimum absolute atomic E-state index is 0.0138. The van der Waals surface area contributed by atoms with E-state index in [2.05, 4.69) is 9.15 Å². The Morgan fingerprint density at radius 2 is 2.06 bits per heavy atom. The average Bonchev–Trinajstić information content (AvgIpc) is 2.23. The van der Waals surface area contributed by atoms with Gasteiger partial charge < -0.3 is 18.6 Å². The van der Waals surface area contributed by atoms with Gasteiger partial charge in [-0.2, -0.15) is 0 Å². The van der Waals surface area contributed by atoms with Gasteiger partial charge in [-0.25, -0.2) is 9.59 Å². The van der Waals surface area contributed by atoms with Crippen molar-refractivity contribution < 1.29 is 23.4 Å². The molecule has 0 saturated carbocycles. The number of ether oxygens (including phenoxy) is 3. The van der Waals surface area contributed by atoms with Gasteiger partial charge in [0.2, 0.25) is 5.75 Å². The van der Waals surface area contributed by atoms with Crippen molar-refractivity contribution in [2.45, 2.75) is 13.8 Å². The summed E-state index contributed by atoms with van der Waals surface area (Å²) in [5.41, 5.74) is -0.584. The highest BCUT2D eigenvalue weighted by Crippen LogP contribution is 2.24. The van der Waals surface area contributed by atoms with Crippen LogP contribution < -0.4 is 15.1 Å². The fraction of sp³-hybridized carbons (Fsp3) is 0.400. The van der Waals surface area contributed by atoms with Gasteiger partial charge in [-0.05, 0) is 13.8 Å². The first kappa shape index (κ1) is 12.1. The van der Waals surface area contributed by atoms with E-state index in [4.69, 9.17) is 9.47 Å². The second-order valence-corrected chi connectivity index (χ2v) is 2.65. The SMILES string of the molecule is CCOC(=O)Oc1coc(=O)cc1OCC. The number of carbonyl (C=O) groups excluding carboxylic acids is 1. The summed E-state index contributed by atoms with van der Waals surface area (Å²) in [7, 11) is 0. The Balaban J connectivity index is 2.85. The van der Waals surface area contributed by atoms with Crippen molar-refractivity contribution in [3.05, 3.63) is 22.7 Å². The molecule has 0 saturated heterocycles. The smallest absolute Gasteiger partial charge is 0.490 e. The first-order chi connectivity index (χ1) is 7.67. The minimum atomic E-state index is -0.877. The Morgan fingerprint density at radius 3 is 2.69 bits per heavy atom. The molecule has 88 valence electrons. The molecule has 0 unspecified atom stereocenters. The predicted molar refractivity (Wildman–Crippen MR) is 53.8 cm³/mol. The quantitative estimate of drug-likeness (QED) is 0.728. The van der Waals surface area contributed by atoms with E-state index in [-0.39, 0.29) is 18.1 Å². The summed E-state index contributed by atoms with van der Waals surface area (Å²) in [5.74, 6) is 0.159. The van der Waals surface area contributed by atoms with E-state index >= 15 is 0 Å². The summed E-state index contributed by atoms with van der Waals surface area (Å²) >= 11 is 0. The van der Waals surface area contributed by atoms with Crippen molar-refractivity contribution in [1.82, 2.24) is 0 Å². The summed E-state index contributed by atoms with van der Waals surface area (Å²) in [5, 5.41) is 0. The highest BCUT2D eigenvalue weighted by Gasteiger charge is 2.12. The fourth-order valence-corrected chi connectivity index (χ4v) is 0.962. The van der Waals surface area contributed by atoms with Gasteiger partial charge in [-0.1, -0.05) is 0 Å². The minimum Gasteiger partial charge on any atom is -0.490 e. The molecule has 1 rings (SSSR count). The van der Waals surface area contributed by atoms with Crippen LogP contribution in [0.2, 0.25) is 0 Å². The number of rotatable bonds is 4. The van der Waals surface area contributed by atoms with Crippen LogP contribution in [0.15, 0.2) is 21.5 Å². The Morgan fingerprint density at radius 1 is 1.31 bits per heavy atom. The lowest BCUT2D eigenvalue weighted by atomic mass is 10.4. The molecule has 1 aromatic rings. The Labute approximate surface area is 91.7 Å². The Hall–Kier alpha value is -1.98. The van der Waals surface area contributed by atoms with Gasteiger partial charge in [0.1, 0.15) is 6.26 Å². The molecule has 0 amide bonds. The van der Waals surface area contributed by atoms with Crippen LogP contribution in [0.25, 0.3) is 0 Å². The molecule has 0 aliphatic carbocycles. The number of carbonyl (C=O) groups is 1. The van der Waals surface area contributed by atoms with Crippen molar-refractivity contribution in [2.75, 3.05) is 13.2 Å². The van der Waals surface area contributed by atoms with Crippen LogP contribution in [0.5, 0.6) is 11.5 Å². The van der Waals surface area contributed by atoms with Crippen LogP contribution >= 0.6 is 0 Å². The summed E-state index contributed by atoms with van der Waals surface area (Å²) in [6.45, 7) is 3.92. The van der Waals surface area contributed by atoms with Crippen LogP contribution in [0.3, 0.4) is 0 Å². The lowest BCUT2D eigenvalue weighted by Crippen LogP contribution is -2.12. The molecule has 0 radical (unpaired) electrons. The van der Waals surface area contributed by atoms with Crippen molar-refractivity contribution in [3.8, 4) is 11.5 Å². The van der Waals surface area contributed by atoms with Crippen molar-refractivity contribution in [1.29, 1.82) is 0 Å². The molecule has 0 bridgehead atoms. The molecule has 0 fully saturated rings. The summed E-state index contributed by atoms with van der Waals surface area (Å²) < 4.78 is 19.0. The molecule has 0 spiro atoms. The molecule has 6 heteroatoms. The van der Waals surface area contributed by atoms with Gasteiger partial charge in [-0.3, -0.25) is 0 Å². The van der Waals surface area contributed by atoms with Gasteiger partial charge in [0.15, 0.2) is 5.75 Å². The van der Waals surface area contributed by atoms with E-state index in [0.717, 1.165) is 12.3 Å². The Kier molecular flexibility index (Phi) is 4.38. The highest BCUT2D eigenvalue weighted by atomic mass is 16.7. The lowest BCUT2D eigenvalue weighted by Gasteiger charge is -2.08. The summed E-state index contributed by atoms with van der Waals surface area (Å²) in [4.78, 5) is 21.9. The van der Waals surface area contributed by atoms with E-state index in [9.17, 15) is 9.59 Å². The second-order valence-electron chi connectivity index (χ2n) is 2.65. The Bertz CT molecular complexity index is 408. The summed E-state index contributed by atoms with van der Waals surface area (Å²) in [6.07, 6.45) is 0.127. The van der Waals surface area contributed by atoms with Crippen molar-refractivity contribution in [3.63, 3.8) is 0 Å². The van der Waals surface area contributed by atoms with Crippen LogP contribution in [0, 0.1) is 0 Å². The third kappa shape index (κ3) is 3.30. The van der Waals surface area contributed by atoms with Crippen molar-refractivity contribution >= 4 is 6.16 Å². The molecule has 0 N–H and O–H groups in total. The van der Waals surface area contributed by atoms with Gasteiger partial charge in [0, 0.05) is 0 Å². The maximum atomic E-state index is 11.0. The molecule has 16 heavy (non-hydrogen) atoms. The average molecular weight is 228 g/mol. The third-order valence-electron chi connectivity index (χ3n) is 1.53. The zero-order valence-corrected chi connectivity index (χ0v) is 9.02. The van der Waals surface area contributed by atoms with Gasteiger partial charge >= 0.3 is 11.8 Å². The van der Waals surface area contributed by atoms with Gasteiger partial charge in [0.05, 0.1) is 19.3 Å². The summed E-state index contributed by atoms with van der Waals surface area (Å²) in [6, 6.07) is 1.10. The van der Waals surface area contributed by atoms with Gasteiger partial charge in [-0.15, -0.1) is 0 Å². The van der Waals surface area contributed by atoms with E-state index in [1.165, 1.54) is 0 Å². The highest BCUT2D eigenvalue weighted by molar-refractivity contribution is 5.64. The molecular weight excluding hydrogens is 216 g/mol. The normalized spacial score (nSPS) is 9.62. The lowest BCUT2D eigenvalue weighted by molar-refractivity contribution is 0.101. The monoisotopic (exact) mass is 228 g/mol. The molecule has 0 aromatic carbocycles. The van der Waals surface area contributed by atoms with Crippen LogP contribution in [-0.4, -0.2) is 19.4 Å². The number of hydrogen-bond acceptors (Lipinski definition) is 6. The van der Waals surface area contributed by atoms with Crippen molar-refractivity contribution in [2.24, 2.45) is 0 Å². The van der Waals surface area contributed by atoms with E-state index in [1.54, 1.807) is 13.8 Å². The molecule has 1 aromatic heterocycles. The van der Waals surface area contributed by atoms with Gasteiger partial charge in [0.25, 0.3) is 0 Å². The fourth-order valence-electron chi connectivity index (χ4n) is 0.962. The maximum Gasteiger partial charge on any atom is 0.514 e. The van der Waals surface area contributed by atoms with E-state index < -0.39 is 11.8 Å². The van der Waals surface area contributed by atoms with Crippen LogP contribution in [0.4, 0.5) is 4.79 Å². The molecule has 0 atom stereocenters. The molecular formula is C10H12O6. The standard InChI is InChI=1S/C10H12O6/c1-3-13-7-5-9(11)15-6-8(7)16-10(12)14-4-2/h5-6H,3-4H2,1-2H3. The molecule has 1 heterocycles. The van der Waals surface area contributed by atoms with Crippen LogP contribution in [0.1, 0.15) is 13.8 Å². The topological polar surface area (TPSA) is 75.0 Å². The first-order valence-corrected chi connectivity index (χ1v) is 4.77. The van der Waals surface area contributed by atoms with E-state index in [0.29, 0.717) is 6.61 Å². The zero-order valence-electron chi connectivity index (χ0n) is 9.02. The maximum absolute atomic E-state index is 11.0. The molecule has 0 aliphatic rings. The zero-order chi connectivity index (χ0) is 12.0. The largest absolute Gasteiger partial charge is 0.514 e. The molecule has 0 aliphatic heterocycles. The van der Waals surface area contributed by atoms with Crippen LogP contribution in [-0.2, 0) is 4.74 Å². The number of hydrogen-bond donors (Lipinski definition) is 0. The first-order valence-electron chi connectivity index (χ1n) is 4.77. The predicted octanol–water partition coefficient (Wildman–Crippen LogP) is 1.57. The second kappa shape index (κ2) is 5.79. The third-order valence-corrected chi connectivity index (χ3v) is 1.53. The van der Waals surface area contributed by atoms with E-state index in [1.807, 2.05) is 0 Å².